The van der Waals surface area contributed by atoms with Gasteiger partial charge in [0.05, 0.1) is 12.2 Å². The summed E-state index contributed by atoms with van der Waals surface area (Å²) in [6.07, 6.45) is 1.84. The van der Waals surface area contributed by atoms with Crippen molar-refractivity contribution in [3.63, 3.8) is 0 Å². The Morgan fingerprint density at radius 3 is 2.33 bits per heavy atom. The molecule has 0 atom stereocenters. The first kappa shape index (κ1) is 19.5. The number of pyridine rings is 1. The zero-order valence-corrected chi connectivity index (χ0v) is 16.6. The molecule has 144 valence electrons. The third-order valence-corrected chi connectivity index (χ3v) is 4.95. The number of nitrogens with zero attached hydrogens (tertiary/aromatic N) is 3. The largest absolute Gasteiger partial charge is 0.325 e. The van der Waals surface area contributed by atoms with Crippen molar-refractivity contribution in [2.45, 2.75) is 32.7 Å². The van der Waals surface area contributed by atoms with Crippen LogP contribution in [0, 0.1) is 0 Å². The van der Waals surface area contributed by atoms with E-state index in [0.717, 1.165) is 44.1 Å². The van der Waals surface area contributed by atoms with Crippen LogP contribution in [0.25, 0.3) is 0 Å². The van der Waals surface area contributed by atoms with Gasteiger partial charge in [0.2, 0.25) is 5.91 Å². The Morgan fingerprint density at radius 1 is 1.00 bits per heavy atom. The number of nitrogens with one attached hydrogen (secondary N) is 1. The number of benzene rings is 1. The highest BCUT2D eigenvalue weighted by Gasteiger charge is 2.21. The van der Waals surface area contributed by atoms with E-state index in [1.165, 1.54) is 5.56 Å². The number of hydrogen-bond donors (Lipinski definition) is 1. The Labute approximate surface area is 162 Å². The van der Waals surface area contributed by atoms with Gasteiger partial charge in [-0.05, 0) is 29.2 Å². The minimum absolute atomic E-state index is 0.000965. The monoisotopic (exact) mass is 366 g/mol. The molecular weight excluding hydrogens is 336 g/mol. The SMILES string of the molecule is CC(C)(C)c1ccccc1NC(=O)CN1CCN(Cc2ccccn2)CC1. The Hall–Kier alpha value is -2.24. The minimum Gasteiger partial charge on any atom is -0.325 e. The van der Waals surface area contributed by atoms with Crippen molar-refractivity contribution in [3.8, 4) is 0 Å². The molecule has 1 aromatic carbocycles. The van der Waals surface area contributed by atoms with E-state index in [2.05, 4.69) is 53.0 Å². The van der Waals surface area contributed by atoms with Gasteiger partial charge in [-0.2, -0.15) is 0 Å². The first-order valence-electron chi connectivity index (χ1n) is 9.66. The van der Waals surface area contributed by atoms with Crippen molar-refractivity contribution in [3.05, 3.63) is 59.9 Å². The van der Waals surface area contributed by atoms with E-state index in [1.807, 2.05) is 36.5 Å². The van der Waals surface area contributed by atoms with Crippen LogP contribution in [-0.2, 0) is 16.8 Å². The lowest BCUT2D eigenvalue weighted by Crippen LogP contribution is -2.48. The summed E-state index contributed by atoms with van der Waals surface area (Å²) in [6, 6.07) is 14.1. The lowest BCUT2D eigenvalue weighted by Gasteiger charge is -2.34. The first-order chi connectivity index (χ1) is 12.9. The molecule has 1 aromatic heterocycles. The van der Waals surface area contributed by atoms with Gasteiger partial charge in [-0.3, -0.25) is 19.6 Å². The molecule has 2 heterocycles. The number of hydrogen-bond acceptors (Lipinski definition) is 4. The molecule has 1 amide bonds. The average Bonchev–Trinajstić information content (AvgIpc) is 2.64. The molecule has 1 N–H and O–H groups in total. The Morgan fingerprint density at radius 2 is 1.67 bits per heavy atom. The maximum atomic E-state index is 12.6. The molecule has 3 rings (SSSR count). The summed E-state index contributed by atoms with van der Waals surface area (Å²) in [4.78, 5) is 21.6. The molecule has 27 heavy (non-hydrogen) atoms. The molecule has 0 spiro atoms. The predicted molar refractivity (Wildman–Crippen MR) is 110 cm³/mol. The van der Waals surface area contributed by atoms with Crippen LogP contribution < -0.4 is 5.32 Å². The molecule has 0 unspecified atom stereocenters. The van der Waals surface area contributed by atoms with Crippen molar-refractivity contribution in [2.24, 2.45) is 0 Å². The summed E-state index contributed by atoms with van der Waals surface area (Å²) in [7, 11) is 0. The molecule has 5 nitrogen and oxygen atoms in total. The van der Waals surface area contributed by atoms with Crippen molar-refractivity contribution < 1.29 is 4.79 Å². The quantitative estimate of drug-likeness (QED) is 0.883. The van der Waals surface area contributed by atoms with Gasteiger partial charge in [-0.15, -0.1) is 0 Å². The van der Waals surface area contributed by atoms with Gasteiger partial charge >= 0.3 is 0 Å². The summed E-state index contributed by atoms with van der Waals surface area (Å²) >= 11 is 0. The second-order valence-corrected chi connectivity index (χ2v) is 8.22. The van der Waals surface area contributed by atoms with Gasteiger partial charge in [0.15, 0.2) is 0 Å². The summed E-state index contributed by atoms with van der Waals surface area (Å²) in [6.45, 7) is 11.5. The number of aromatic nitrogens is 1. The number of amides is 1. The smallest absolute Gasteiger partial charge is 0.238 e. The molecule has 5 heteroatoms. The third kappa shape index (κ3) is 5.62. The molecule has 1 saturated heterocycles. The molecule has 0 aliphatic carbocycles. The standard InChI is InChI=1S/C22H30N4O/c1-22(2,3)19-9-4-5-10-20(19)24-21(27)17-26-14-12-25(13-15-26)16-18-8-6-7-11-23-18/h4-11H,12-17H2,1-3H3,(H,24,27). The molecule has 0 bridgehead atoms. The van der Waals surface area contributed by atoms with Crippen LogP contribution in [0.2, 0.25) is 0 Å². The number of para-hydroxylation sites is 1. The summed E-state index contributed by atoms with van der Waals surface area (Å²) < 4.78 is 0. The fourth-order valence-corrected chi connectivity index (χ4v) is 3.47. The van der Waals surface area contributed by atoms with Gasteiger partial charge in [-0.1, -0.05) is 45.0 Å². The number of carbonyl (C=O) groups is 1. The maximum absolute atomic E-state index is 12.6. The molecule has 1 fully saturated rings. The zero-order valence-electron chi connectivity index (χ0n) is 16.6. The summed E-state index contributed by atoms with van der Waals surface area (Å²) in [5, 5.41) is 3.11. The second kappa shape index (κ2) is 8.63. The van der Waals surface area contributed by atoms with Gasteiger partial charge in [0, 0.05) is 44.6 Å². The number of piperazine rings is 1. The molecule has 0 radical (unpaired) electrons. The maximum Gasteiger partial charge on any atom is 0.238 e. The highest BCUT2D eigenvalue weighted by Crippen LogP contribution is 2.29. The van der Waals surface area contributed by atoms with Crippen LogP contribution in [0.1, 0.15) is 32.0 Å². The van der Waals surface area contributed by atoms with E-state index in [1.54, 1.807) is 0 Å². The van der Waals surface area contributed by atoms with Crippen molar-refractivity contribution >= 4 is 11.6 Å². The third-order valence-electron chi connectivity index (χ3n) is 4.95. The lowest BCUT2D eigenvalue weighted by molar-refractivity contribution is -0.117. The van der Waals surface area contributed by atoms with Crippen LogP contribution in [0.15, 0.2) is 48.7 Å². The first-order valence-corrected chi connectivity index (χ1v) is 9.66. The van der Waals surface area contributed by atoms with Crippen LogP contribution in [0.4, 0.5) is 5.69 Å². The Balaban J connectivity index is 1.49. The van der Waals surface area contributed by atoms with Gasteiger partial charge < -0.3 is 5.32 Å². The molecular formula is C22H30N4O. The fraction of sp³-hybridized carbons (Fsp3) is 0.455. The lowest BCUT2D eigenvalue weighted by atomic mass is 9.86. The van der Waals surface area contributed by atoms with Crippen LogP contribution in [0.3, 0.4) is 0 Å². The van der Waals surface area contributed by atoms with Crippen LogP contribution in [0.5, 0.6) is 0 Å². The van der Waals surface area contributed by atoms with Crippen LogP contribution in [-0.4, -0.2) is 53.4 Å². The van der Waals surface area contributed by atoms with Crippen molar-refractivity contribution in [1.29, 1.82) is 0 Å². The zero-order chi connectivity index (χ0) is 19.3. The minimum atomic E-state index is 0.000965. The molecule has 0 saturated carbocycles. The van der Waals surface area contributed by atoms with E-state index < -0.39 is 0 Å². The molecule has 2 aromatic rings. The fourth-order valence-electron chi connectivity index (χ4n) is 3.47. The summed E-state index contributed by atoms with van der Waals surface area (Å²) in [5.74, 6) is 0.0601. The predicted octanol–water partition coefficient (Wildman–Crippen LogP) is 3.14. The van der Waals surface area contributed by atoms with E-state index in [4.69, 9.17) is 0 Å². The summed E-state index contributed by atoms with van der Waals surface area (Å²) in [5.41, 5.74) is 3.19. The van der Waals surface area contributed by atoms with E-state index >= 15 is 0 Å². The van der Waals surface area contributed by atoms with Gasteiger partial charge in [0.1, 0.15) is 0 Å². The normalized spacial score (nSPS) is 16.3. The molecule has 1 aliphatic rings. The Bertz CT molecular complexity index is 746. The average molecular weight is 367 g/mol. The Kier molecular flexibility index (Phi) is 6.24. The van der Waals surface area contributed by atoms with E-state index in [9.17, 15) is 4.79 Å². The second-order valence-electron chi connectivity index (χ2n) is 8.22. The van der Waals surface area contributed by atoms with E-state index in [0.29, 0.717) is 6.54 Å². The molecule has 1 aliphatic heterocycles. The van der Waals surface area contributed by atoms with Crippen molar-refractivity contribution in [1.82, 2.24) is 14.8 Å². The highest BCUT2D eigenvalue weighted by atomic mass is 16.2. The number of carbonyl (C=O) groups excluding carboxylic acids is 1. The van der Waals surface area contributed by atoms with E-state index in [-0.39, 0.29) is 11.3 Å². The highest BCUT2D eigenvalue weighted by molar-refractivity contribution is 5.93. The number of anilines is 1. The topological polar surface area (TPSA) is 48.5 Å². The van der Waals surface area contributed by atoms with Gasteiger partial charge in [-0.25, -0.2) is 0 Å². The van der Waals surface area contributed by atoms with Crippen molar-refractivity contribution in [2.75, 3.05) is 38.0 Å². The van der Waals surface area contributed by atoms with Crippen LogP contribution >= 0.6 is 0 Å². The number of rotatable bonds is 5. The van der Waals surface area contributed by atoms with Gasteiger partial charge in [0.25, 0.3) is 0 Å².